The van der Waals surface area contributed by atoms with Crippen LogP contribution in [0.1, 0.15) is 31.8 Å². The lowest BCUT2D eigenvalue weighted by molar-refractivity contribution is -0.118. The fourth-order valence-electron chi connectivity index (χ4n) is 3.86. The molecule has 1 N–H and O–H groups in total. The summed E-state index contributed by atoms with van der Waals surface area (Å²) < 4.78 is 0. The van der Waals surface area contributed by atoms with Gasteiger partial charge in [0.15, 0.2) is 5.71 Å². The first-order valence-corrected chi connectivity index (χ1v) is 10.3. The molecule has 2 aliphatic rings. The highest BCUT2D eigenvalue weighted by molar-refractivity contribution is 6.55. The number of imide groups is 1. The SMILES string of the molecule is Cc1ccc(NC(=O)CN2C(=O)/C(=N/N3C(=O)c4ccccc4C3=O)c3ccccc32)cc1. The molecule has 162 valence electrons. The summed E-state index contributed by atoms with van der Waals surface area (Å²) in [5.41, 5.74) is 3.01. The normalized spacial score (nSPS) is 15.8. The Morgan fingerprint density at radius 2 is 1.36 bits per heavy atom. The summed E-state index contributed by atoms with van der Waals surface area (Å²) in [4.78, 5) is 52.6. The number of para-hydroxylation sites is 1. The van der Waals surface area contributed by atoms with Crippen LogP contribution < -0.4 is 10.2 Å². The molecule has 0 bridgehead atoms. The Morgan fingerprint density at radius 3 is 2.00 bits per heavy atom. The maximum atomic E-state index is 13.2. The highest BCUT2D eigenvalue weighted by Gasteiger charge is 2.40. The molecule has 0 aromatic heterocycles. The molecule has 0 radical (unpaired) electrons. The van der Waals surface area contributed by atoms with Crippen molar-refractivity contribution in [2.24, 2.45) is 5.10 Å². The third-order valence-electron chi connectivity index (χ3n) is 5.51. The van der Waals surface area contributed by atoms with Gasteiger partial charge in [-0.3, -0.25) is 24.1 Å². The lowest BCUT2D eigenvalue weighted by Gasteiger charge is -2.16. The number of carbonyl (C=O) groups excluding carboxylic acids is 4. The van der Waals surface area contributed by atoms with Gasteiger partial charge >= 0.3 is 0 Å². The molecule has 5 rings (SSSR count). The van der Waals surface area contributed by atoms with Gasteiger partial charge in [0, 0.05) is 11.3 Å². The second kappa shape index (κ2) is 7.83. The zero-order valence-electron chi connectivity index (χ0n) is 17.6. The maximum absolute atomic E-state index is 13.2. The van der Waals surface area contributed by atoms with E-state index in [0.29, 0.717) is 21.9 Å². The Bertz CT molecular complexity index is 1330. The van der Waals surface area contributed by atoms with Crippen LogP contribution in [0.5, 0.6) is 0 Å². The van der Waals surface area contributed by atoms with E-state index in [1.807, 2.05) is 19.1 Å². The monoisotopic (exact) mass is 438 g/mol. The van der Waals surface area contributed by atoms with Gasteiger partial charge in [-0.25, -0.2) is 0 Å². The number of hydrogen-bond donors (Lipinski definition) is 1. The second-order valence-electron chi connectivity index (χ2n) is 7.74. The number of fused-ring (bicyclic) bond motifs is 2. The van der Waals surface area contributed by atoms with Crippen LogP contribution in [0.3, 0.4) is 0 Å². The van der Waals surface area contributed by atoms with Gasteiger partial charge in [-0.15, -0.1) is 0 Å². The number of amides is 4. The average molecular weight is 438 g/mol. The molecule has 33 heavy (non-hydrogen) atoms. The average Bonchev–Trinajstić information content (AvgIpc) is 3.22. The number of nitrogens with one attached hydrogen (secondary N) is 1. The van der Waals surface area contributed by atoms with Crippen molar-refractivity contribution in [1.29, 1.82) is 0 Å². The van der Waals surface area contributed by atoms with Gasteiger partial charge in [-0.1, -0.05) is 48.0 Å². The number of carbonyl (C=O) groups is 4. The highest BCUT2D eigenvalue weighted by atomic mass is 16.2. The van der Waals surface area contributed by atoms with Crippen molar-refractivity contribution in [2.75, 3.05) is 16.8 Å². The first-order valence-electron chi connectivity index (χ1n) is 10.3. The molecule has 0 saturated heterocycles. The van der Waals surface area contributed by atoms with E-state index in [1.54, 1.807) is 60.7 Å². The van der Waals surface area contributed by atoms with Crippen LogP contribution in [0.15, 0.2) is 77.9 Å². The van der Waals surface area contributed by atoms with Crippen molar-refractivity contribution in [3.8, 4) is 0 Å². The standard InChI is InChI=1S/C25H18N4O4/c1-15-10-12-16(13-11-15)26-21(30)14-28-20-9-5-4-8-19(20)22(25(28)33)27-29-23(31)17-6-2-3-7-18(17)24(29)32/h2-13H,14H2,1H3,(H,26,30)/b27-22+. The van der Waals surface area contributed by atoms with E-state index in [4.69, 9.17) is 0 Å². The molecule has 0 aliphatic carbocycles. The maximum Gasteiger partial charge on any atom is 0.282 e. The molecule has 8 nitrogen and oxygen atoms in total. The largest absolute Gasteiger partial charge is 0.325 e. The van der Waals surface area contributed by atoms with Crippen LogP contribution in [0.2, 0.25) is 0 Å². The molecule has 2 aliphatic heterocycles. The Labute approximate surface area is 189 Å². The van der Waals surface area contributed by atoms with Crippen molar-refractivity contribution in [3.63, 3.8) is 0 Å². The molecule has 3 aromatic carbocycles. The number of benzene rings is 3. The van der Waals surface area contributed by atoms with E-state index in [0.717, 1.165) is 5.56 Å². The van der Waals surface area contributed by atoms with Crippen LogP contribution in [0.25, 0.3) is 0 Å². The van der Waals surface area contributed by atoms with Gasteiger partial charge in [-0.05, 0) is 37.3 Å². The van der Waals surface area contributed by atoms with E-state index >= 15 is 0 Å². The minimum atomic E-state index is -0.594. The van der Waals surface area contributed by atoms with E-state index in [1.165, 1.54) is 4.90 Å². The van der Waals surface area contributed by atoms with Gasteiger partial charge in [0.25, 0.3) is 17.7 Å². The van der Waals surface area contributed by atoms with Crippen LogP contribution in [-0.2, 0) is 9.59 Å². The minimum Gasteiger partial charge on any atom is -0.325 e. The zero-order chi connectivity index (χ0) is 23.1. The summed E-state index contributed by atoms with van der Waals surface area (Å²) >= 11 is 0. The molecule has 0 fully saturated rings. The summed E-state index contributed by atoms with van der Waals surface area (Å²) in [6, 6.07) is 20.5. The minimum absolute atomic E-state index is 0.0664. The number of anilines is 2. The van der Waals surface area contributed by atoms with Crippen molar-refractivity contribution < 1.29 is 19.2 Å². The lowest BCUT2D eigenvalue weighted by atomic mass is 10.1. The summed E-state index contributed by atoms with van der Waals surface area (Å²) in [7, 11) is 0. The smallest absolute Gasteiger partial charge is 0.282 e. The molecular weight excluding hydrogens is 420 g/mol. The summed E-state index contributed by atoms with van der Waals surface area (Å²) in [5.74, 6) is -2.14. The second-order valence-corrected chi connectivity index (χ2v) is 7.74. The molecule has 8 heteroatoms. The van der Waals surface area contributed by atoms with Crippen molar-refractivity contribution in [3.05, 3.63) is 95.1 Å². The Kier molecular flexibility index (Phi) is 4.82. The summed E-state index contributed by atoms with van der Waals surface area (Å²) in [6.45, 7) is 1.70. The predicted molar refractivity (Wildman–Crippen MR) is 122 cm³/mol. The predicted octanol–water partition coefficient (Wildman–Crippen LogP) is 2.98. The van der Waals surface area contributed by atoms with Crippen molar-refractivity contribution >= 4 is 40.7 Å². The quantitative estimate of drug-likeness (QED) is 0.633. The van der Waals surface area contributed by atoms with Gasteiger partial charge in [0.05, 0.1) is 16.8 Å². The zero-order valence-corrected chi connectivity index (χ0v) is 17.6. The third-order valence-corrected chi connectivity index (χ3v) is 5.51. The fourth-order valence-corrected chi connectivity index (χ4v) is 3.86. The van der Waals surface area contributed by atoms with Crippen molar-refractivity contribution in [1.82, 2.24) is 5.01 Å². The highest BCUT2D eigenvalue weighted by Crippen LogP contribution is 2.31. The molecule has 0 spiro atoms. The summed E-state index contributed by atoms with van der Waals surface area (Å²) in [6.07, 6.45) is 0. The van der Waals surface area contributed by atoms with Crippen molar-refractivity contribution in [2.45, 2.75) is 6.92 Å². The van der Waals surface area contributed by atoms with E-state index < -0.39 is 17.7 Å². The number of hydrazone groups is 1. The fraction of sp³-hybridized carbons (Fsp3) is 0.0800. The van der Waals surface area contributed by atoms with Crippen LogP contribution in [0, 0.1) is 6.92 Å². The van der Waals surface area contributed by atoms with E-state index in [9.17, 15) is 19.2 Å². The first kappa shape index (κ1) is 20.3. The van der Waals surface area contributed by atoms with Crippen LogP contribution in [-0.4, -0.2) is 40.9 Å². The van der Waals surface area contributed by atoms with Gasteiger partial charge in [0.1, 0.15) is 6.54 Å². The topological polar surface area (TPSA) is 99.2 Å². The lowest BCUT2D eigenvalue weighted by Crippen LogP contribution is -2.38. The molecule has 0 unspecified atom stereocenters. The van der Waals surface area contributed by atoms with Gasteiger partial charge in [-0.2, -0.15) is 10.1 Å². The van der Waals surface area contributed by atoms with Gasteiger partial charge in [0.2, 0.25) is 5.91 Å². The van der Waals surface area contributed by atoms with Crippen LogP contribution >= 0.6 is 0 Å². The molecule has 0 saturated carbocycles. The molecule has 4 amide bonds. The number of nitrogens with zero attached hydrogens (tertiary/aromatic N) is 3. The van der Waals surface area contributed by atoms with E-state index in [2.05, 4.69) is 10.4 Å². The Morgan fingerprint density at radius 1 is 0.788 bits per heavy atom. The molecule has 0 atom stereocenters. The molecule has 3 aromatic rings. The first-order chi connectivity index (χ1) is 15.9. The van der Waals surface area contributed by atoms with Crippen LogP contribution in [0.4, 0.5) is 11.4 Å². The number of hydrogen-bond acceptors (Lipinski definition) is 5. The molecular formula is C25H18N4O4. The third kappa shape index (κ3) is 3.47. The van der Waals surface area contributed by atoms with Gasteiger partial charge < -0.3 is 5.32 Å². The number of rotatable bonds is 4. The Hall–Kier alpha value is -4.59. The molecule has 2 heterocycles. The summed E-state index contributed by atoms with van der Waals surface area (Å²) in [5, 5.41) is 7.64. The Balaban J connectivity index is 1.43. The van der Waals surface area contributed by atoms with E-state index in [-0.39, 0.29) is 29.3 Å². The number of aryl methyl sites for hydroxylation is 1.